The maximum Gasteiger partial charge on any atom is 0.508 e. The molecule has 0 aromatic heterocycles. The molecule has 0 atom stereocenters. The summed E-state index contributed by atoms with van der Waals surface area (Å²) in [5.41, 5.74) is 0. The molecule has 1 fully saturated rings. The normalized spacial score (nSPS) is 20.8. The fourth-order valence-corrected chi connectivity index (χ4v) is 0.594. The van der Waals surface area contributed by atoms with E-state index in [-0.39, 0.29) is 6.04 Å². The lowest BCUT2D eigenvalue weighted by molar-refractivity contribution is 0.00255. The molecular weight excluding hydrogens is 122 g/mol. The number of ether oxygens (including phenoxy) is 2. The predicted molar refractivity (Wildman–Crippen MR) is 30.1 cm³/mol. The Kier molecular flexibility index (Phi) is 1.89. The highest BCUT2D eigenvalue weighted by Gasteiger charge is 2.18. The van der Waals surface area contributed by atoms with Crippen molar-refractivity contribution in [2.75, 3.05) is 20.3 Å². The highest BCUT2D eigenvalue weighted by molar-refractivity contribution is 5.60. The molecule has 0 radical (unpaired) electrons. The number of nitrogens with one attached hydrogen (secondary N) is 1. The molecule has 9 heavy (non-hydrogen) atoms. The van der Waals surface area contributed by atoms with Gasteiger partial charge in [-0.2, -0.15) is 0 Å². The third-order valence-electron chi connectivity index (χ3n) is 1.21. The summed E-state index contributed by atoms with van der Waals surface area (Å²) < 4.78 is 9.12. The second-order valence-corrected chi connectivity index (χ2v) is 1.86. The molecule has 4 nitrogen and oxygen atoms in total. The Morgan fingerprint density at radius 1 is 1.56 bits per heavy atom. The van der Waals surface area contributed by atoms with E-state index in [0.717, 1.165) is 0 Å². The molecule has 52 valence electrons. The zero-order chi connectivity index (χ0) is 6.69. The second kappa shape index (κ2) is 2.68. The highest BCUT2D eigenvalue weighted by atomic mass is 16.7. The first-order chi connectivity index (χ1) is 4.33. The van der Waals surface area contributed by atoms with Gasteiger partial charge in [0, 0.05) is 0 Å². The molecule has 1 saturated heterocycles. The van der Waals surface area contributed by atoms with Gasteiger partial charge < -0.3 is 14.8 Å². The number of likely N-dealkylation sites (N-methyl/N-ethyl adjacent to an activating group) is 1. The number of carbonyl (C=O) groups is 1. The fourth-order valence-electron chi connectivity index (χ4n) is 0.594. The minimum absolute atomic E-state index is 0.155. The first kappa shape index (κ1) is 6.35. The number of hydrogen-bond acceptors (Lipinski definition) is 4. The summed E-state index contributed by atoms with van der Waals surface area (Å²) >= 11 is 0. The maximum absolute atomic E-state index is 10.3. The average Bonchev–Trinajstić information content (AvgIpc) is 1.90. The molecule has 0 unspecified atom stereocenters. The summed E-state index contributed by atoms with van der Waals surface area (Å²) in [4.78, 5) is 10.3. The van der Waals surface area contributed by atoms with E-state index in [2.05, 4.69) is 14.8 Å². The van der Waals surface area contributed by atoms with Gasteiger partial charge in [-0.15, -0.1) is 0 Å². The van der Waals surface area contributed by atoms with Gasteiger partial charge >= 0.3 is 6.16 Å². The Bertz CT molecular complexity index is 105. The van der Waals surface area contributed by atoms with Crippen LogP contribution in [0.4, 0.5) is 4.79 Å². The van der Waals surface area contributed by atoms with Gasteiger partial charge in [0.05, 0.1) is 6.04 Å². The van der Waals surface area contributed by atoms with Crippen molar-refractivity contribution in [3.63, 3.8) is 0 Å². The van der Waals surface area contributed by atoms with Crippen LogP contribution in [0.2, 0.25) is 0 Å². The van der Waals surface area contributed by atoms with Crippen LogP contribution in [0, 0.1) is 0 Å². The topological polar surface area (TPSA) is 47.6 Å². The van der Waals surface area contributed by atoms with E-state index < -0.39 is 6.16 Å². The van der Waals surface area contributed by atoms with Gasteiger partial charge in [0.2, 0.25) is 0 Å². The monoisotopic (exact) mass is 131 g/mol. The Labute approximate surface area is 53.1 Å². The molecule has 4 heteroatoms. The fraction of sp³-hybridized carbons (Fsp3) is 0.800. The van der Waals surface area contributed by atoms with E-state index in [1.807, 2.05) is 0 Å². The lowest BCUT2D eigenvalue weighted by Crippen LogP contribution is -2.40. The minimum atomic E-state index is -0.568. The Morgan fingerprint density at radius 2 is 2.11 bits per heavy atom. The van der Waals surface area contributed by atoms with E-state index >= 15 is 0 Å². The molecular formula is C5H9NO3. The molecule has 0 spiro atoms. The van der Waals surface area contributed by atoms with Crippen LogP contribution >= 0.6 is 0 Å². The summed E-state index contributed by atoms with van der Waals surface area (Å²) in [5, 5.41) is 2.92. The lowest BCUT2D eigenvalue weighted by Gasteiger charge is -2.20. The first-order valence-corrected chi connectivity index (χ1v) is 2.79. The van der Waals surface area contributed by atoms with Crippen LogP contribution in [0.15, 0.2) is 0 Å². The van der Waals surface area contributed by atoms with E-state index in [1.165, 1.54) is 0 Å². The second-order valence-electron chi connectivity index (χ2n) is 1.86. The van der Waals surface area contributed by atoms with E-state index in [4.69, 9.17) is 0 Å². The smallest absolute Gasteiger partial charge is 0.432 e. The number of carbonyl (C=O) groups excluding carboxylic acids is 1. The molecule has 0 amide bonds. The first-order valence-electron chi connectivity index (χ1n) is 2.79. The molecule has 1 heterocycles. The third kappa shape index (κ3) is 1.57. The van der Waals surface area contributed by atoms with Gasteiger partial charge in [-0.25, -0.2) is 4.79 Å². The Morgan fingerprint density at radius 3 is 2.56 bits per heavy atom. The predicted octanol–water partition coefficient (Wildman–Crippen LogP) is -0.259. The van der Waals surface area contributed by atoms with Crippen molar-refractivity contribution in [2.24, 2.45) is 0 Å². The van der Waals surface area contributed by atoms with Crippen molar-refractivity contribution < 1.29 is 14.3 Å². The van der Waals surface area contributed by atoms with Gasteiger partial charge in [-0.05, 0) is 7.05 Å². The van der Waals surface area contributed by atoms with Crippen molar-refractivity contribution in [3.8, 4) is 0 Å². The van der Waals surface area contributed by atoms with Crippen LogP contribution in [0.25, 0.3) is 0 Å². The summed E-state index contributed by atoms with van der Waals surface area (Å²) in [5.74, 6) is 0. The molecule has 1 aliphatic rings. The van der Waals surface area contributed by atoms with Crippen LogP contribution in [0.1, 0.15) is 0 Å². The SMILES string of the molecule is CNC1COC(=O)OC1. The van der Waals surface area contributed by atoms with Gasteiger partial charge in [0.1, 0.15) is 13.2 Å². The van der Waals surface area contributed by atoms with Crippen molar-refractivity contribution in [2.45, 2.75) is 6.04 Å². The molecule has 0 aromatic carbocycles. The Hall–Kier alpha value is -0.770. The van der Waals surface area contributed by atoms with Crippen LogP contribution in [0.5, 0.6) is 0 Å². The van der Waals surface area contributed by atoms with E-state index in [9.17, 15) is 4.79 Å². The van der Waals surface area contributed by atoms with E-state index in [0.29, 0.717) is 13.2 Å². The average molecular weight is 131 g/mol. The van der Waals surface area contributed by atoms with E-state index in [1.54, 1.807) is 7.05 Å². The molecule has 1 aliphatic heterocycles. The minimum Gasteiger partial charge on any atom is -0.432 e. The number of hydrogen-bond donors (Lipinski definition) is 1. The standard InChI is InChI=1S/C5H9NO3/c1-6-4-2-8-5(7)9-3-4/h4,6H,2-3H2,1H3. The molecule has 1 N–H and O–H groups in total. The van der Waals surface area contributed by atoms with Crippen LogP contribution in [0.3, 0.4) is 0 Å². The van der Waals surface area contributed by atoms with Gasteiger partial charge in [-0.3, -0.25) is 0 Å². The lowest BCUT2D eigenvalue weighted by atomic mass is 10.3. The number of rotatable bonds is 1. The zero-order valence-electron chi connectivity index (χ0n) is 5.22. The molecule has 0 saturated carbocycles. The van der Waals surface area contributed by atoms with Crippen LogP contribution < -0.4 is 5.32 Å². The van der Waals surface area contributed by atoms with Gasteiger partial charge in [0.25, 0.3) is 0 Å². The Balaban J connectivity index is 2.26. The summed E-state index contributed by atoms with van der Waals surface area (Å²) in [6, 6.07) is 0.155. The van der Waals surface area contributed by atoms with Crippen molar-refractivity contribution >= 4 is 6.16 Å². The highest BCUT2D eigenvalue weighted by Crippen LogP contribution is 1.97. The van der Waals surface area contributed by atoms with Crippen molar-refractivity contribution in [1.29, 1.82) is 0 Å². The summed E-state index contributed by atoms with van der Waals surface area (Å²) in [6.45, 7) is 0.824. The number of cyclic esters (lactones) is 2. The van der Waals surface area contributed by atoms with Crippen molar-refractivity contribution in [3.05, 3.63) is 0 Å². The zero-order valence-corrected chi connectivity index (χ0v) is 5.22. The summed E-state index contributed by atoms with van der Waals surface area (Å²) in [7, 11) is 1.80. The van der Waals surface area contributed by atoms with Crippen LogP contribution in [-0.2, 0) is 9.47 Å². The maximum atomic E-state index is 10.3. The summed E-state index contributed by atoms with van der Waals surface area (Å²) in [6.07, 6.45) is -0.568. The molecule has 0 aliphatic carbocycles. The molecule has 1 rings (SSSR count). The van der Waals surface area contributed by atoms with Crippen molar-refractivity contribution in [1.82, 2.24) is 5.32 Å². The van der Waals surface area contributed by atoms with Gasteiger partial charge in [-0.1, -0.05) is 0 Å². The van der Waals surface area contributed by atoms with Crippen LogP contribution in [-0.4, -0.2) is 32.5 Å². The molecule has 0 aromatic rings. The largest absolute Gasteiger partial charge is 0.508 e. The third-order valence-corrected chi connectivity index (χ3v) is 1.21. The van der Waals surface area contributed by atoms with Gasteiger partial charge in [0.15, 0.2) is 0 Å². The quantitative estimate of drug-likeness (QED) is 0.498. The molecule has 0 bridgehead atoms.